The Morgan fingerprint density at radius 3 is 2.57 bits per heavy atom. The number of rotatable bonds is 4. The van der Waals surface area contributed by atoms with E-state index in [9.17, 15) is 4.79 Å². The van der Waals surface area contributed by atoms with E-state index in [1.165, 1.54) is 25.9 Å². The average molecular weight is 295 g/mol. The molecule has 3 N–H and O–H groups in total. The molecule has 21 heavy (non-hydrogen) atoms. The maximum atomic E-state index is 12.1. The zero-order chi connectivity index (χ0) is 15.6. The molecule has 2 fully saturated rings. The molecule has 0 aromatic heterocycles. The Hall–Kier alpha value is -0.610. The number of nitrogens with one attached hydrogen (secondary N) is 1. The van der Waals surface area contributed by atoms with E-state index in [0.717, 1.165) is 31.1 Å². The molecule has 4 unspecified atom stereocenters. The first-order valence-electron chi connectivity index (χ1n) is 8.65. The zero-order valence-corrected chi connectivity index (χ0v) is 14.2. The fourth-order valence-electron chi connectivity index (χ4n) is 4.16. The van der Waals surface area contributed by atoms with E-state index < -0.39 is 5.54 Å². The van der Waals surface area contributed by atoms with Crippen molar-refractivity contribution in [3.05, 3.63) is 0 Å². The van der Waals surface area contributed by atoms with E-state index in [1.807, 2.05) is 0 Å². The van der Waals surface area contributed by atoms with Gasteiger partial charge in [0.1, 0.15) is 0 Å². The van der Waals surface area contributed by atoms with Crippen molar-refractivity contribution in [3.63, 3.8) is 0 Å². The second-order valence-electron chi connectivity index (χ2n) is 7.73. The molecular formula is C17H33N3O. The van der Waals surface area contributed by atoms with E-state index in [4.69, 9.17) is 5.73 Å². The van der Waals surface area contributed by atoms with Crippen LogP contribution in [0.25, 0.3) is 0 Å². The Labute approximate surface area is 129 Å². The van der Waals surface area contributed by atoms with Gasteiger partial charge in [-0.05, 0) is 64.3 Å². The van der Waals surface area contributed by atoms with Gasteiger partial charge in [0.05, 0.1) is 5.54 Å². The Kier molecular flexibility index (Phi) is 5.31. The third-order valence-corrected chi connectivity index (χ3v) is 5.64. The van der Waals surface area contributed by atoms with Gasteiger partial charge < -0.3 is 16.0 Å². The minimum atomic E-state index is -0.497. The standard InChI is InChI=1S/C17H33N3O/c1-12(2)19-17(16(18)21)8-5-6-15(10-17)20-9-7-13(3)14(4)11-20/h12-15,19H,5-11H2,1-4H3,(H2,18,21). The van der Waals surface area contributed by atoms with Crippen molar-refractivity contribution >= 4 is 5.91 Å². The van der Waals surface area contributed by atoms with Gasteiger partial charge in [0, 0.05) is 18.6 Å². The van der Waals surface area contributed by atoms with Crippen LogP contribution in [0.5, 0.6) is 0 Å². The van der Waals surface area contributed by atoms with Crippen LogP contribution in [-0.4, -0.2) is 41.5 Å². The summed E-state index contributed by atoms with van der Waals surface area (Å²) in [6, 6.07) is 0.795. The number of primary amides is 1. The van der Waals surface area contributed by atoms with Gasteiger partial charge in [0.25, 0.3) is 0 Å². The van der Waals surface area contributed by atoms with Crippen LogP contribution < -0.4 is 11.1 Å². The molecule has 1 heterocycles. The maximum Gasteiger partial charge on any atom is 0.237 e. The maximum absolute atomic E-state index is 12.1. The van der Waals surface area contributed by atoms with Crippen molar-refractivity contribution in [2.24, 2.45) is 17.6 Å². The van der Waals surface area contributed by atoms with Crippen molar-refractivity contribution in [1.82, 2.24) is 10.2 Å². The minimum Gasteiger partial charge on any atom is -0.368 e. The van der Waals surface area contributed by atoms with E-state index >= 15 is 0 Å². The van der Waals surface area contributed by atoms with E-state index in [-0.39, 0.29) is 11.9 Å². The quantitative estimate of drug-likeness (QED) is 0.835. The molecule has 0 radical (unpaired) electrons. The van der Waals surface area contributed by atoms with Crippen LogP contribution in [0.4, 0.5) is 0 Å². The molecule has 1 aliphatic carbocycles. The van der Waals surface area contributed by atoms with Crippen LogP contribution in [-0.2, 0) is 4.79 Å². The third kappa shape index (κ3) is 3.78. The molecule has 4 nitrogen and oxygen atoms in total. The normalized spacial score (nSPS) is 38.6. The largest absolute Gasteiger partial charge is 0.368 e. The molecule has 1 amide bonds. The van der Waals surface area contributed by atoms with Gasteiger partial charge >= 0.3 is 0 Å². The number of hydrogen-bond acceptors (Lipinski definition) is 3. The van der Waals surface area contributed by atoms with Crippen LogP contribution in [0, 0.1) is 11.8 Å². The molecule has 1 saturated heterocycles. The van der Waals surface area contributed by atoms with Crippen LogP contribution in [0.15, 0.2) is 0 Å². The summed E-state index contributed by atoms with van der Waals surface area (Å²) in [5.41, 5.74) is 5.27. The summed E-state index contributed by atoms with van der Waals surface area (Å²) in [7, 11) is 0. The number of amides is 1. The van der Waals surface area contributed by atoms with Gasteiger partial charge in [0.2, 0.25) is 5.91 Å². The van der Waals surface area contributed by atoms with Gasteiger partial charge in [-0.1, -0.05) is 13.8 Å². The number of piperidine rings is 1. The first-order chi connectivity index (χ1) is 9.84. The molecule has 4 heteroatoms. The molecule has 4 atom stereocenters. The van der Waals surface area contributed by atoms with Crippen LogP contribution in [0.2, 0.25) is 0 Å². The molecular weight excluding hydrogens is 262 g/mol. The lowest BCUT2D eigenvalue weighted by atomic mass is 9.76. The SMILES string of the molecule is CC(C)NC1(C(N)=O)CCCC(N2CCC(C)C(C)C2)C1. The van der Waals surface area contributed by atoms with Gasteiger partial charge in [-0.15, -0.1) is 0 Å². The van der Waals surface area contributed by atoms with E-state index in [0.29, 0.717) is 6.04 Å². The smallest absolute Gasteiger partial charge is 0.237 e. The molecule has 1 saturated carbocycles. The second kappa shape index (κ2) is 6.66. The summed E-state index contributed by atoms with van der Waals surface area (Å²) < 4.78 is 0. The minimum absolute atomic E-state index is 0.167. The predicted molar refractivity (Wildman–Crippen MR) is 87.0 cm³/mol. The van der Waals surface area contributed by atoms with Crippen molar-refractivity contribution in [2.45, 2.75) is 77.4 Å². The summed E-state index contributed by atoms with van der Waals surface area (Å²) in [4.78, 5) is 14.7. The Morgan fingerprint density at radius 1 is 1.29 bits per heavy atom. The Bertz CT molecular complexity index is 371. The molecule has 1 aliphatic heterocycles. The molecule has 0 spiro atoms. The molecule has 0 aromatic rings. The highest BCUT2D eigenvalue weighted by Gasteiger charge is 2.43. The lowest BCUT2D eigenvalue weighted by molar-refractivity contribution is -0.127. The van der Waals surface area contributed by atoms with Gasteiger partial charge in [-0.3, -0.25) is 4.79 Å². The van der Waals surface area contributed by atoms with Crippen LogP contribution >= 0.6 is 0 Å². The number of nitrogens with two attached hydrogens (primary N) is 1. The monoisotopic (exact) mass is 295 g/mol. The van der Waals surface area contributed by atoms with Crippen LogP contribution in [0.3, 0.4) is 0 Å². The highest BCUT2D eigenvalue weighted by Crippen LogP contribution is 2.34. The predicted octanol–water partition coefficient (Wildman–Crippen LogP) is 2.13. The summed E-state index contributed by atoms with van der Waals surface area (Å²) in [5, 5.41) is 3.48. The van der Waals surface area contributed by atoms with Crippen LogP contribution in [0.1, 0.15) is 59.8 Å². The lowest BCUT2D eigenvalue weighted by Gasteiger charge is -2.47. The molecule has 0 bridgehead atoms. The summed E-state index contributed by atoms with van der Waals surface area (Å²) in [5.74, 6) is 1.40. The summed E-state index contributed by atoms with van der Waals surface area (Å²) >= 11 is 0. The third-order valence-electron chi connectivity index (χ3n) is 5.64. The first-order valence-corrected chi connectivity index (χ1v) is 8.65. The number of likely N-dealkylation sites (tertiary alicyclic amines) is 1. The van der Waals surface area contributed by atoms with Gasteiger partial charge in [-0.25, -0.2) is 0 Å². The topological polar surface area (TPSA) is 58.4 Å². The number of hydrogen-bond donors (Lipinski definition) is 2. The van der Waals surface area contributed by atoms with Gasteiger partial charge in [0.15, 0.2) is 0 Å². The fourth-order valence-corrected chi connectivity index (χ4v) is 4.16. The first kappa shape index (κ1) is 16.8. The molecule has 2 aliphatic rings. The molecule has 122 valence electrons. The Balaban J connectivity index is 2.06. The zero-order valence-electron chi connectivity index (χ0n) is 14.2. The lowest BCUT2D eigenvalue weighted by Crippen LogP contribution is -2.62. The number of carbonyl (C=O) groups is 1. The fraction of sp³-hybridized carbons (Fsp3) is 0.941. The Morgan fingerprint density at radius 2 is 2.00 bits per heavy atom. The van der Waals surface area contributed by atoms with Crippen molar-refractivity contribution < 1.29 is 4.79 Å². The average Bonchev–Trinajstić information content (AvgIpc) is 2.41. The number of nitrogens with zero attached hydrogens (tertiary/aromatic N) is 1. The molecule has 0 aromatic carbocycles. The highest BCUT2D eigenvalue weighted by molar-refractivity contribution is 5.85. The number of carbonyl (C=O) groups excluding carboxylic acids is 1. The van der Waals surface area contributed by atoms with E-state index in [1.54, 1.807) is 0 Å². The van der Waals surface area contributed by atoms with Crippen molar-refractivity contribution in [3.8, 4) is 0 Å². The van der Waals surface area contributed by atoms with Crippen molar-refractivity contribution in [1.29, 1.82) is 0 Å². The highest BCUT2D eigenvalue weighted by atomic mass is 16.1. The summed E-state index contributed by atoms with van der Waals surface area (Å²) in [6.07, 6.45) is 5.33. The van der Waals surface area contributed by atoms with Gasteiger partial charge in [-0.2, -0.15) is 0 Å². The van der Waals surface area contributed by atoms with E-state index in [2.05, 4.69) is 37.9 Å². The molecule has 2 rings (SSSR count). The second-order valence-corrected chi connectivity index (χ2v) is 7.73. The summed E-state index contributed by atoms with van der Waals surface area (Å²) in [6.45, 7) is 11.2. The van der Waals surface area contributed by atoms with Crippen molar-refractivity contribution in [2.75, 3.05) is 13.1 Å².